The van der Waals surface area contributed by atoms with E-state index in [1.165, 1.54) is 29.0 Å². The summed E-state index contributed by atoms with van der Waals surface area (Å²) in [6.07, 6.45) is -2.00. The minimum atomic E-state index is -4.54. The molecule has 3 heterocycles. The van der Waals surface area contributed by atoms with Gasteiger partial charge in [-0.2, -0.15) is 28.0 Å². The Labute approximate surface area is 156 Å². The van der Waals surface area contributed by atoms with Crippen molar-refractivity contribution in [3.05, 3.63) is 66.0 Å². The second-order valence-electron chi connectivity index (χ2n) is 5.72. The summed E-state index contributed by atoms with van der Waals surface area (Å²) in [5.74, 6) is 0.223. The third kappa shape index (κ3) is 3.09. The number of nitriles is 1. The summed E-state index contributed by atoms with van der Waals surface area (Å²) in [5, 5.41) is 24.2. The minimum Gasteiger partial charge on any atom is -0.322 e. The van der Waals surface area contributed by atoms with Crippen molar-refractivity contribution < 1.29 is 13.2 Å². The molecule has 0 saturated heterocycles. The van der Waals surface area contributed by atoms with Crippen LogP contribution in [-0.2, 0) is 6.18 Å². The Bertz CT molecular complexity index is 1210. The molecule has 138 valence electrons. The van der Waals surface area contributed by atoms with Crippen molar-refractivity contribution in [1.29, 1.82) is 5.26 Å². The molecule has 0 unspecified atom stereocenters. The Kier molecular flexibility index (Phi) is 4.12. The Morgan fingerprint density at radius 1 is 1.07 bits per heavy atom. The van der Waals surface area contributed by atoms with E-state index in [0.29, 0.717) is 11.3 Å². The summed E-state index contributed by atoms with van der Waals surface area (Å²) < 4.78 is 41.0. The van der Waals surface area contributed by atoms with Crippen molar-refractivity contribution >= 4 is 17.3 Å². The molecule has 0 bridgehead atoms. The Balaban J connectivity index is 1.75. The SMILES string of the molecule is N#Cc1ccccc1Nc1nnc2cc(-c3ncccc3C(F)(F)F)cnn12. The number of alkyl halides is 3. The van der Waals surface area contributed by atoms with Gasteiger partial charge in [-0.25, -0.2) is 0 Å². The highest BCUT2D eigenvalue weighted by atomic mass is 19.4. The van der Waals surface area contributed by atoms with Gasteiger partial charge in [-0.1, -0.05) is 12.1 Å². The van der Waals surface area contributed by atoms with Crippen molar-refractivity contribution in [3.8, 4) is 17.3 Å². The lowest BCUT2D eigenvalue weighted by Crippen LogP contribution is -2.08. The number of benzene rings is 1. The highest BCUT2D eigenvalue weighted by Gasteiger charge is 2.34. The standard InChI is InChI=1S/C18H10F3N7/c19-18(20,21)13-5-3-7-23-16(13)12-8-15-26-27-17(28(15)24-10-12)25-14-6-2-1-4-11(14)9-22/h1-8,10H,(H,25,27). The highest BCUT2D eigenvalue weighted by molar-refractivity contribution is 5.68. The van der Waals surface area contributed by atoms with Crippen LogP contribution in [0.2, 0.25) is 0 Å². The first kappa shape index (κ1) is 17.4. The van der Waals surface area contributed by atoms with Crippen molar-refractivity contribution in [2.24, 2.45) is 0 Å². The van der Waals surface area contributed by atoms with Crippen LogP contribution in [0.5, 0.6) is 0 Å². The molecular formula is C18H10F3N7. The number of nitrogens with zero attached hydrogens (tertiary/aromatic N) is 6. The number of hydrogen-bond donors (Lipinski definition) is 1. The zero-order chi connectivity index (χ0) is 19.7. The van der Waals surface area contributed by atoms with Gasteiger partial charge in [0.1, 0.15) is 6.07 Å². The van der Waals surface area contributed by atoms with Crippen LogP contribution in [0, 0.1) is 11.3 Å². The number of fused-ring (bicyclic) bond motifs is 1. The van der Waals surface area contributed by atoms with E-state index in [4.69, 9.17) is 5.26 Å². The van der Waals surface area contributed by atoms with E-state index in [1.807, 2.05) is 0 Å². The van der Waals surface area contributed by atoms with Crippen LogP contribution in [0.3, 0.4) is 0 Å². The van der Waals surface area contributed by atoms with E-state index in [0.717, 1.165) is 6.07 Å². The molecular weight excluding hydrogens is 371 g/mol. The summed E-state index contributed by atoms with van der Waals surface area (Å²) in [5.41, 5.74) is 0.206. The number of para-hydroxylation sites is 1. The lowest BCUT2D eigenvalue weighted by molar-refractivity contribution is -0.137. The second kappa shape index (κ2) is 6.62. The molecule has 28 heavy (non-hydrogen) atoms. The molecule has 0 amide bonds. The molecule has 0 spiro atoms. The van der Waals surface area contributed by atoms with Crippen LogP contribution >= 0.6 is 0 Å². The minimum absolute atomic E-state index is 0.164. The maximum atomic E-state index is 13.2. The molecule has 0 aliphatic carbocycles. The number of rotatable bonds is 3. The van der Waals surface area contributed by atoms with Crippen LogP contribution in [0.15, 0.2) is 54.9 Å². The predicted molar refractivity (Wildman–Crippen MR) is 93.5 cm³/mol. The first-order valence-electron chi connectivity index (χ1n) is 7.97. The number of aromatic nitrogens is 5. The van der Waals surface area contributed by atoms with Crippen molar-refractivity contribution in [1.82, 2.24) is 24.8 Å². The van der Waals surface area contributed by atoms with E-state index < -0.39 is 11.7 Å². The average molecular weight is 381 g/mol. The van der Waals surface area contributed by atoms with Gasteiger partial charge in [0, 0.05) is 11.8 Å². The molecule has 0 atom stereocenters. The zero-order valence-corrected chi connectivity index (χ0v) is 14.0. The maximum Gasteiger partial charge on any atom is 0.418 e. The maximum absolute atomic E-state index is 13.2. The quantitative estimate of drug-likeness (QED) is 0.580. The monoisotopic (exact) mass is 381 g/mol. The van der Waals surface area contributed by atoms with Gasteiger partial charge >= 0.3 is 6.18 Å². The summed E-state index contributed by atoms with van der Waals surface area (Å²) in [4.78, 5) is 3.85. The highest BCUT2D eigenvalue weighted by Crippen LogP contribution is 2.35. The smallest absolute Gasteiger partial charge is 0.322 e. The fourth-order valence-corrected chi connectivity index (χ4v) is 2.67. The summed E-state index contributed by atoms with van der Waals surface area (Å²) in [7, 11) is 0. The van der Waals surface area contributed by atoms with E-state index in [2.05, 4.69) is 31.7 Å². The summed E-state index contributed by atoms with van der Waals surface area (Å²) in [6.45, 7) is 0. The van der Waals surface area contributed by atoms with Gasteiger partial charge in [-0.15, -0.1) is 10.2 Å². The van der Waals surface area contributed by atoms with Crippen LogP contribution in [-0.4, -0.2) is 24.8 Å². The Hall–Kier alpha value is -4.00. The molecule has 1 N–H and O–H groups in total. The molecule has 10 heteroatoms. The number of nitrogens with one attached hydrogen (secondary N) is 1. The van der Waals surface area contributed by atoms with E-state index in [1.54, 1.807) is 24.3 Å². The zero-order valence-electron chi connectivity index (χ0n) is 14.0. The Morgan fingerprint density at radius 3 is 2.68 bits per heavy atom. The Morgan fingerprint density at radius 2 is 1.89 bits per heavy atom. The predicted octanol–water partition coefficient (Wildman–Crippen LogP) is 3.82. The third-order valence-electron chi connectivity index (χ3n) is 3.94. The lowest BCUT2D eigenvalue weighted by atomic mass is 10.1. The van der Waals surface area contributed by atoms with Gasteiger partial charge in [0.25, 0.3) is 0 Å². The molecule has 3 aromatic heterocycles. The fourth-order valence-electron chi connectivity index (χ4n) is 2.67. The number of hydrogen-bond acceptors (Lipinski definition) is 6. The van der Waals surface area contributed by atoms with Gasteiger partial charge in [-0.3, -0.25) is 4.98 Å². The lowest BCUT2D eigenvalue weighted by Gasteiger charge is -2.11. The fraction of sp³-hybridized carbons (Fsp3) is 0.0556. The van der Waals surface area contributed by atoms with E-state index in [9.17, 15) is 13.2 Å². The van der Waals surface area contributed by atoms with E-state index >= 15 is 0 Å². The van der Waals surface area contributed by atoms with Crippen LogP contribution in [0.4, 0.5) is 24.8 Å². The molecule has 0 fully saturated rings. The molecule has 4 rings (SSSR count). The molecule has 0 aliphatic rings. The van der Waals surface area contributed by atoms with Gasteiger partial charge in [0.05, 0.1) is 28.7 Å². The van der Waals surface area contributed by atoms with Crippen molar-refractivity contribution in [2.45, 2.75) is 6.18 Å². The van der Waals surface area contributed by atoms with Gasteiger partial charge < -0.3 is 5.32 Å². The molecule has 1 aromatic carbocycles. The number of pyridine rings is 1. The van der Waals surface area contributed by atoms with Crippen LogP contribution in [0.25, 0.3) is 16.9 Å². The average Bonchev–Trinajstić information content (AvgIpc) is 3.10. The van der Waals surface area contributed by atoms with Crippen molar-refractivity contribution in [3.63, 3.8) is 0 Å². The van der Waals surface area contributed by atoms with E-state index in [-0.39, 0.29) is 22.9 Å². The first-order chi connectivity index (χ1) is 13.5. The van der Waals surface area contributed by atoms with Gasteiger partial charge in [0.2, 0.25) is 5.95 Å². The molecule has 4 aromatic rings. The number of halogens is 3. The summed E-state index contributed by atoms with van der Waals surface area (Å²) >= 11 is 0. The normalized spacial score (nSPS) is 11.4. The van der Waals surface area contributed by atoms with Crippen LogP contribution in [0.1, 0.15) is 11.1 Å². The molecule has 0 aliphatic heterocycles. The number of anilines is 2. The topological polar surface area (TPSA) is 91.8 Å². The van der Waals surface area contributed by atoms with Gasteiger partial charge in [-0.05, 0) is 30.3 Å². The summed E-state index contributed by atoms with van der Waals surface area (Å²) in [6, 6.07) is 12.5. The third-order valence-corrected chi connectivity index (χ3v) is 3.94. The van der Waals surface area contributed by atoms with Crippen molar-refractivity contribution in [2.75, 3.05) is 5.32 Å². The molecule has 0 radical (unpaired) electrons. The second-order valence-corrected chi connectivity index (χ2v) is 5.72. The first-order valence-corrected chi connectivity index (χ1v) is 7.97. The van der Waals surface area contributed by atoms with Crippen LogP contribution < -0.4 is 5.32 Å². The largest absolute Gasteiger partial charge is 0.418 e. The molecule has 0 saturated carbocycles. The molecule has 7 nitrogen and oxygen atoms in total. The van der Waals surface area contributed by atoms with Gasteiger partial charge in [0.15, 0.2) is 5.65 Å².